The number of benzene rings is 1. The summed E-state index contributed by atoms with van der Waals surface area (Å²) in [6.07, 6.45) is 3.18. The summed E-state index contributed by atoms with van der Waals surface area (Å²) >= 11 is 0. The third kappa shape index (κ3) is 1.93. The molecule has 22 heavy (non-hydrogen) atoms. The predicted molar refractivity (Wildman–Crippen MR) is 73.7 cm³/mol. The number of pyridine rings is 1. The number of rotatable bonds is 2. The fraction of sp³-hybridized carbons (Fsp3) is 0. The van der Waals surface area contributed by atoms with Gasteiger partial charge in [-0.05, 0) is 30.3 Å². The number of fused-ring (bicyclic) bond motifs is 1. The summed E-state index contributed by atoms with van der Waals surface area (Å²) < 4.78 is 28.1. The number of hydrogen-bond donors (Lipinski definition) is 1. The van der Waals surface area contributed by atoms with E-state index in [0.29, 0.717) is 22.6 Å². The molecule has 0 bridgehead atoms. The molecule has 0 aliphatic rings. The third-order valence-corrected chi connectivity index (χ3v) is 3.30. The number of nitrogens with one attached hydrogen (secondary N) is 1. The maximum atomic E-state index is 13.4. The molecule has 4 aromatic rings. The molecule has 3 aromatic heterocycles. The fourth-order valence-electron chi connectivity index (χ4n) is 2.24. The lowest BCUT2D eigenvalue weighted by Gasteiger charge is -2.03. The van der Waals surface area contributed by atoms with Gasteiger partial charge in [-0.3, -0.25) is 5.10 Å². The standard InChI is InChI=1S/C14H8F2N6/c15-10-3-1-8(5-11(10)16)13-14(20-21-19-13)9-2-4-12-17-7-18-22(12)6-9/h1-7H,(H,19,20,21). The maximum Gasteiger partial charge on any atom is 0.159 e. The molecule has 108 valence electrons. The van der Waals surface area contributed by atoms with Crippen LogP contribution in [-0.2, 0) is 0 Å². The molecular weight excluding hydrogens is 290 g/mol. The highest BCUT2D eigenvalue weighted by atomic mass is 19.2. The van der Waals surface area contributed by atoms with Crippen LogP contribution in [0.15, 0.2) is 42.9 Å². The SMILES string of the molecule is Fc1ccc(-c2[nH]nnc2-c2ccc3ncnn3c2)cc1F. The van der Waals surface area contributed by atoms with Crippen LogP contribution < -0.4 is 0 Å². The number of hydrogen-bond acceptors (Lipinski definition) is 4. The molecule has 1 N–H and O–H groups in total. The van der Waals surface area contributed by atoms with Crippen molar-refractivity contribution in [2.75, 3.05) is 0 Å². The Balaban J connectivity index is 1.86. The molecule has 8 heteroatoms. The Morgan fingerprint density at radius 2 is 1.86 bits per heavy atom. The van der Waals surface area contributed by atoms with Gasteiger partial charge in [0.15, 0.2) is 17.3 Å². The molecular formula is C14H8F2N6. The summed E-state index contributed by atoms with van der Waals surface area (Å²) in [6.45, 7) is 0. The molecule has 0 unspecified atom stereocenters. The Morgan fingerprint density at radius 1 is 1.00 bits per heavy atom. The van der Waals surface area contributed by atoms with Gasteiger partial charge < -0.3 is 0 Å². The second-order valence-electron chi connectivity index (χ2n) is 4.64. The van der Waals surface area contributed by atoms with Crippen molar-refractivity contribution in [3.63, 3.8) is 0 Å². The average Bonchev–Trinajstić information content (AvgIpc) is 3.17. The topological polar surface area (TPSA) is 71.8 Å². The molecule has 0 spiro atoms. The lowest BCUT2D eigenvalue weighted by atomic mass is 10.1. The van der Waals surface area contributed by atoms with Crippen molar-refractivity contribution >= 4 is 5.65 Å². The van der Waals surface area contributed by atoms with Gasteiger partial charge in [-0.2, -0.15) is 5.10 Å². The minimum absolute atomic E-state index is 0.456. The van der Waals surface area contributed by atoms with E-state index >= 15 is 0 Å². The third-order valence-electron chi connectivity index (χ3n) is 3.30. The van der Waals surface area contributed by atoms with E-state index in [4.69, 9.17) is 0 Å². The first-order valence-corrected chi connectivity index (χ1v) is 6.38. The summed E-state index contributed by atoms with van der Waals surface area (Å²) in [4.78, 5) is 4.06. The van der Waals surface area contributed by atoms with Gasteiger partial charge in [-0.25, -0.2) is 18.3 Å². The van der Waals surface area contributed by atoms with Crippen molar-refractivity contribution in [1.82, 2.24) is 30.0 Å². The van der Waals surface area contributed by atoms with Crippen molar-refractivity contribution in [3.8, 4) is 22.5 Å². The Hall–Kier alpha value is -3.16. The lowest BCUT2D eigenvalue weighted by Crippen LogP contribution is -1.91. The zero-order valence-corrected chi connectivity index (χ0v) is 11.0. The Labute approximate surface area is 122 Å². The minimum atomic E-state index is -0.926. The van der Waals surface area contributed by atoms with Crippen LogP contribution in [0, 0.1) is 11.6 Å². The van der Waals surface area contributed by atoms with Gasteiger partial charge in [0.05, 0.1) is 5.69 Å². The molecule has 6 nitrogen and oxygen atoms in total. The molecule has 0 saturated carbocycles. The number of H-pyrrole nitrogens is 1. The van der Waals surface area contributed by atoms with Crippen LogP contribution in [0.4, 0.5) is 8.78 Å². The first-order valence-electron chi connectivity index (χ1n) is 6.38. The van der Waals surface area contributed by atoms with E-state index in [9.17, 15) is 8.78 Å². The molecule has 0 amide bonds. The smallest absolute Gasteiger partial charge is 0.159 e. The Kier molecular flexibility index (Phi) is 2.68. The van der Waals surface area contributed by atoms with E-state index in [1.165, 1.54) is 12.4 Å². The Morgan fingerprint density at radius 3 is 2.73 bits per heavy atom. The van der Waals surface area contributed by atoms with Gasteiger partial charge in [0, 0.05) is 17.3 Å². The largest absolute Gasteiger partial charge is 0.257 e. The maximum absolute atomic E-state index is 13.4. The van der Waals surface area contributed by atoms with Crippen LogP contribution in [0.5, 0.6) is 0 Å². The first-order chi connectivity index (χ1) is 10.7. The lowest BCUT2D eigenvalue weighted by molar-refractivity contribution is 0.509. The van der Waals surface area contributed by atoms with E-state index in [1.54, 1.807) is 16.8 Å². The van der Waals surface area contributed by atoms with Crippen LogP contribution in [0.3, 0.4) is 0 Å². The summed E-state index contributed by atoms with van der Waals surface area (Å²) in [5, 5.41) is 14.5. The second-order valence-corrected chi connectivity index (χ2v) is 4.64. The number of aromatic amines is 1. The van der Waals surface area contributed by atoms with Crippen molar-refractivity contribution in [2.24, 2.45) is 0 Å². The Bertz CT molecular complexity index is 974. The van der Waals surface area contributed by atoms with E-state index in [0.717, 1.165) is 17.7 Å². The fourth-order valence-corrected chi connectivity index (χ4v) is 2.24. The molecule has 0 saturated heterocycles. The average molecular weight is 298 g/mol. The number of nitrogens with zero attached hydrogens (tertiary/aromatic N) is 5. The summed E-state index contributed by atoms with van der Waals surface area (Å²) in [5.41, 5.74) is 2.90. The monoisotopic (exact) mass is 298 g/mol. The van der Waals surface area contributed by atoms with Gasteiger partial charge in [-0.15, -0.1) is 5.10 Å². The van der Waals surface area contributed by atoms with Crippen molar-refractivity contribution in [2.45, 2.75) is 0 Å². The van der Waals surface area contributed by atoms with Gasteiger partial charge in [-0.1, -0.05) is 5.21 Å². The van der Waals surface area contributed by atoms with Gasteiger partial charge in [0.1, 0.15) is 12.0 Å². The van der Waals surface area contributed by atoms with Gasteiger partial charge in [0.25, 0.3) is 0 Å². The summed E-state index contributed by atoms with van der Waals surface area (Å²) in [5.74, 6) is -1.83. The molecule has 1 aromatic carbocycles. The highest BCUT2D eigenvalue weighted by Gasteiger charge is 2.14. The molecule has 0 atom stereocenters. The predicted octanol–water partition coefficient (Wildman–Crippen LogP) is 2.46. The first kappa shape index (κ1) is 12.6. The van der Waals surface area contributed by atoms with E-state index in [-0.39, 0.29) is 0 Å². The van der Waals surface area contributed by atoms with Crippen LogP contribution in [0.1, 0.15) is 0 Å². The van der Waals surface area contributed by atoms with Crippen molar-refractivity contribution in [1.29, 1.82) is 0 Å². The molecule has 3 heterocycles. The van der Waals surface area contributed by atoms with Gasteiger partial charge in [0.2, 0.25) is 0 Å². The van der Waals surface area contributed by atoms with Gasteiger partial charge >= 0.3 is 0 Å². The van der Waals surface area contributed by atoms with Crippen LogP contribution in [0.2, 0.25) is 0 Å². The summed E-state index contributed by atoms with van der Waals surface area (Å²) in [7, 11) is 0. The second kappa shape index (κ2) is 4.69. The quantitative estimate of drug-likeness (QED) is 0.617. The zero-order valence-electron chi connectivity index (χ0n) is 11.0. The van der Waals surface area contributed by atoms with E-state index < -0.39 is 11.6 Å². The highest BCUT2D eigenvalue weighted by Crippen LogP contribution is 2.29. The van der Waals surface area contributed by atoms with E-state index in [1.807, 2.05) is 6.07 Å². The molecule has 0 radical (unpaired) electrons. The molecule has 4 rings (SSSR count). The molecule has 0 aliphatic carbocycles. The van der Waals surface area contributed by atoms with Crippen LogP contribution in [0.25, 0.3) is 28.2 Å². The van der Waals surface area contributed by atoms with Crippen molar-refractivity contribution < 1.29 is 8.78 Å². The van der Waals surface area contributed by atoms with Crippen LogP contribution in [-0.4, -0.2) is 30.0 Å². The minimum Gasteiger partial charge on any atom is -0.257 e. The zero-order chi connectivity index (χ0) is 15.1. The van der Waals surface area contributed by atoms with Crippen LogP contribution >= 0.6 is 0 Å². The van der Waals surface area contributed by atoms with Crippen molar-refractivity contribution in [3.05, 3.63) is 54.5 Å². The van der Waals surface area contributed by atoms with E-state index in [2.05, 4.69) is 25.5 Å². The molecule has 0 fully saturated rings. The molecule has 0 aliphatic heterocycles. The highest BCUT2D eigenvalue weighted by molar-refractivity contribution is 5.77. The summed E-state index contributed by atoms with van der Waals surface area (Å²) in [6, 6.07) is 7.22. The number of halogens is 2. The normalized spacial score (nSPS) is 11.2. The number of aromatic nitrogens is 6.